The molecule has 0 unspecified atom stereocenters. The number of hydrogen-bond acceptors (Lipinski definition) is 4. The Morgan fingerprint density at radius 3 is 3.05 bits per heavy atom. The van der Waals surface area contributed by atoms with E-state index in [-0.39, 0.29) is 4.88 Å². The van der Waals surface area contributed by atoms with Gasteiger partial charge in [0, 0.05) is 10.9 Å². The molecular formula is C14H16N2O3S. The number of carboxylic acid groups (broad SMARTS) is 1. The Labute approximate surface area is 120 Å². The monoisotopic (exact) mass is 292 g/mol. The number of ether oxygens (including phenoxy) is 1. The molecule has 1 saturated carbocycles. The fourth-order valence-corrected chi connectivity index (χ4v) is 3.01. The summed E-state index contributed by atoms with van der Waals surface area (Å²) in [6.45, 7) is 2.36. The van der Waals surface area contributed by atoms with Gasteiger partial charge in [-0.3, -0.25) is 0 Å². The number of aromatic nitrogens is 2. The fourth-order valence-electron chi connectivity index (χ4n) is 2.13. The van der Waals surface area contributed by atoms with Gasteiger partial charge in [0.15, 0.2) is 4.88 Å². The Hall–Kier alpha value is -1.82. The summed E-state index contributed by atoms with van der Waals surface area (Å²) in [6.07, 6.45) is 6.78. The Morgan fingerprint density at radius 2 is 2.40 bits per heavy atom. The predicted molar refractivity (Wildman–Crippen MR) is 75.5 cm³/mol. The van der Waals surface area contributed by atoms with Crippen LogP contribution in [-0.4, -0.2) is 20.6 Å². The lowest BCUT2D eigenvalue weighted by Crippen LogP contribution is -2.05. The number of aryl methyl sites for hydroxylation is 1. The number of carbonyl (C=O) groups is 1. The Bertz CT molecular complexity index is 628. The van der Waals surface area contributed by atoms with Crippen molar-refractivity contribution in [3.63, 3.8) is 0 Å². The quantitative estimate of drug-likeness (QED) is 0.888. The zero-order chi connectivity index (χ0) is 14.1. The maximum atomic E-state index is 11.2. The first kappa shape index (κ1) is 13.2. The highest BCUT2D eigenvalue weighted by molar-refractivity contribution is 7.14. The highest BCUT2D eigenvalue weighted by Gasteiger charge is 2.25. The van der Waals surface area contributed by atoms with Gasteiger partial charge < -0.3 is 14.4 Å². The molecule has 0 radical (unpaired) electrons. The molecule has 0 atom stereocenters. The summed E-state index contributed by atoms with van der Waals surface area (Å²) in [5, 5.41) is 9.20. The van der Waals surface area contributed by atoms with Gasteiger partial charge in [-0.1, -0.05) is 6.92 Å². The molecule has 3 rings (SSSR count). The van der Waals surface area contributed by atoms with E-state index in [2.05, 4.69) is 9.55 Å². The van der Waals surface area contributed by atoms with Crippen LogP contribution in [0, 0.1) is 0 Å². The van der Waals surface area contributed by atoms with E-state index >= 15 is 0 Å². The second kappa shape index (κ2) is 5.28. The molecule has 0 bridgehead atoms. The van der Waals surface area contributed by atoms with Crippen LogP contribution in [0.4, 0.5) is 0 Å². The van der Waals surface area contributed by atoms with E-state index in [9.17, 15) is 9.90 Å². The van der Waals surface area contributed by atoms with Gasteiger partial charge in [0.1, 0.15) is 12.4 Å². The van der Waals surface area contributed by atoms with E-state index in [0.29, 0.717) is 18.4 Å². The standard InChI is InChI=1S/C14H16N2O3S/c1-2-11-5-12(13(20-11)14(17)18)19-7-10-6-15-8-16(10)9-3-4-9/h5-6,8-9H,2-4,7H2,1H3,(H,17,18). The highest BCUT2D eigenvalue weighted by Crippen LogP contribution is 2.36. The van der Waals surface area contributed by atoms with Crippen molar-refractivity contribution in [2.24, 2.45) is 0 Å². The molecule has 1 aliphatic rings. The van der Waals surface area contributed by atoms with Crippen LogP contribution in [0.3, 0.4) is 0 Å². The highest BCUT2D eigenvalue weighted by atomic mass is 32.1. The fraction of sp³-hybridized carbons (Fsp3) is 0.429. The van der Waals surface area contributed by atoms with Crippen molar-refractivity contribution < 1.29 is 14.6 Å². The van der Waals surface area contributed by atoms with Gasteiger partial charge in [-0.05, 0) is 25.3 Å². The third-order valence-electron chi connectivity index (χ3n) is 3.35. The summed E-state index contributed by atoms with van der Waals surface area (Å²) in [5.41, 5.74) is 0.994. The van der Waals surface area contributed by atoms with E-state index in [1.807, 2.05) is 19.3 Å². The molecule has 1 N–H and O–H groups in total. The topological polar surface area (TPSA) is 64.4 Å². The van der Waals surface area contributed by atoms with Crippen LogP contribution < -0.4 is 4.74 Å². The van der Waals surface area contributed by atoms with Crippen LogP contribution in [0.25, 0.3) is 0 Å². The first-order chi connectivity index (χ1) is 9.69. The molecule has 0 spiro atoms. The minimum atomic E-state index is -0.930. The maximum absolute atomic E-state index is 11.2. The molecule has 6 heteroatoms. The van der Waals surface area contributed by atoms with Crippen LogP contribution in [0.1, 0.15) is 46.0 Å². The third kappa shape index (κ3) is 2.56. The van der Waals surface area contributed by atoms with Gasteiger partial charge in [0.2, 0.25) is 0 Å². The Balaban J connectivity index is 1.75. The van der Waals surface area contributed by atoms with Crippen molar-refractivity contribution in [2.45, 2.75) is 38.8 Å². The Kier molecular flexibility index (Phi) is 3.48. The van der Waals surface area contributed by atoms with E-state index in [4.69, 9.17) is 4.74 Å². The van der Waals surface area contributed by atoms with E-state index < -0.39 is 5.97 Å². The van der Waals surface area contributed by atoms with E-state index in [1.165, 1.54) is 24.2 Å². The first-order valence-electron chi connectivity index (χ1n) is 6.68. The van der Waals surface area contributed by atoms with Crippen LogP contribution in [0.2, 0.25) is 0 Å². The number of thiophene rings is 1. The van der Waals surface area contributed by atoms with E-state index in [0.717, 1.165) is 17.0 Å². The van der Waals surface area contributed by atoms with Gasteiger partial charge >= 0.3 is 5.97 Å². The lowest BCUT2D eigenvalue weighted by Gasteiger charge is -2.08. The van der Waals surface area contributed by atoms with Crippen molar-refractivity contribution in [1.29, 1.82) is 0 Å². The van der Waals surface area contributed by atoms with Crippen molar-refractivity contribution in [1.82, 2.24) is 9.55 Å². The van der Waals surface area contributed by atoms with Crippen LogP contribution in [-0.2, 0) is 13.0 Å². The molecule has 1 fully saturated rings. The second-order valence-electron chi connectivity index (χ2n) is 4.88. The SMILES string of the molecule is CCc1cc(OCc2cncn2C2CC2)c(C(=O)O)s1. The number of carboxylic acids is 1. The molecule has 106 valence electrons. The summed E-state index contributed by atoms with van der Waals surface area (Å²) in [7, 11) is 0. The molecule has 0 amide bonds. The second-order valence-corrected chi connectivity index (χ2v) is 6.01. The number of imidazole rings is 1. The summed E-state index contributed by atoms with van der Waals surface area (Å²) in [4.78, 5) is 16.7. The Morgan fingerprint density at radius 1 is 1.60 bits per heavy atom. The minimum Gasteiger partial charge on any atom is -0.486 e. The van der Waals surface area contributed by atoms with E-state index in [1.54, 1.807) is 6.20 Å². The number of aromatic carboxylic acids is 1. The zero-order valence-electron chi connectivity index (χ0n) is 11.2. The average molecular weight is 292 g/mol. The van der Waals surface area contributed by atoms with Crippen LogP contribution in [0.15, 0.2) is 18.6 Å². The lowest BCUT2D eigenvalue weighted by molar-refractivity contribution is 0.0697. The summed E-state index contributed by atoms with van der Waals surface area (Å²) in [6, 6.07) is 2.37. The van der Waals surface area contributed by atoms with Gasteiger partial charge in [0.25, 0.3) is 0 Å². The smallest absolute Gasteiger partial charge is 0.349 e. The molecule has 2 heterocycles. The zero-order valence-corrected chi connectivity index (χ0v) is 12.0. The minimum absolute atomic E-state index is 0.277. The molecule has 20 heavy (non-hydrogen) atoms. The molecule has 5 nitrogen and oxygen atoms in total. The molecule has 0 saturated heterocycles. The van der Waals surface area contributed by atoms with Crippen LogP contribution >= 0.6 is 11.3 Å². The maximum Gasteiger partial charge on any atom is 0.349 e. The summed E-state index contributed by atoms with van der Waals surface area (Å²) in [5.74, 6) is -0.469. The lowest BCUT2D eigenvalue weighted by atomic mass is 10.3. The number of rotatable bonds is 6. The predicted octanol–water partition coefficient (Wildman–Crippen LogP) is 3.12. The van der Waals surface area contributed by atoms with Crippen molar-refractivity contribution >= 4 is 17.3 Å². The first-order valence-corrected chi connectivity index (χ1v) is 7.50. The molecular weight excluding hydrogens is 276 g/mol. The van der Waals surface area contributed by atoms with Crippen molar-refractivity contribution in [3.8, 4) is 5.75 Å². The molecule has 2 aromatic rings. The number of hydrogen-bond donors (Lipinski definition) is 1. The van der Waals surface area contributed by atoms with Gasteiger partial charge in [-0.15, -0.1) is 11.3 Å². The van der Waals surface area contributed by atoms with Crippen LogP contribution in [0.5, 0.6) is 5.75 Å². The van der Waals surface area contributed by atoms with Crippen molar-refractivity contribution in [3.05, 3.63) is 34.0 Å². The molecule has 1 aliphatic carbocycles. The molecule has 0 aliphatic heterocycles. The normalized spacial score (nSPS) is 14.4. The largest absolute Gasteiger partial charge is 0.486 e. The average Bonchev–Trinajstić information content (AvgIpc) is 3.02. The van der Waals surface area contributed by atoms with Gasteiger partial charge in [0.05, 0.1) is 18.2 Å². The van der Waals surface area contributed by atoms with Gasteiger partial charge in [-0.2, -0.15) is 0 Å². The third-order valence-corrected chi connectivity index (χ3v) is 4.60. The summed E-state index contributed by atoms with van der Waals surface area (Å²) >= 11 is 1.28. The molecule has 0 aromatic carbocycles. The molecule has 2 aromatic heterocycles. The number of nitrogens with zero attached hydrogens (tertiary/aromatic N) is 2. The van der Waals surface area contributed by atoms with Crippen molar-refractivity contribution in [2.75, 3.05) is 0 Å². The van der Waals surface area contributed by atoms with Gasteiger partial charge in [-0.25, -0.2) is 9.78 Å². The summed E-state index contributed by atoms with van der Waals surface area (Å²) < 4.78 is 7.83.